The zero-order chi connectivity index (χ0) is 15.9. The van der Waals surface area contributed by atoms with E-state index in [1.807, 2.05) is 31.3 Å². The highest BCUT2D eigenvalue weighted by molar-refractivity contribution is 14.0. The van der Waals surface area contributed by atoms with E-state index in [0.717, 1.165) is 23.0 Å². The summed E-state index contributed by atoms with van der Waals surface area (Å²) in [5, 5.41) is 8.90. The summed E-state index contributed by atoms with van der Waals surface area (Å²) in [5.74, 6) is 0.732. The van der Waals surface area contributed by atoms with Crippen molar-refractivity contribution >= 4 is 64.5 Å². The predicted octanol–water partition coefficient (Wildman–Crippen LogP) is 4.28. The SMILES string of the molecule is CN=C(NCCc1c(Cl)cccc1Cl)NCc1ncc(C)s1.I. The van der Waals surface area contributed by atoms with Crippen LogP contribution in [0, 0.1) is 6.92 Å². The van der Waals surface area contributed by atoms with E-state index in [-0.39, 0.29) is 24.0 Å². The maximum absolute atomic E-state index is 6.16. The van der Waals surface area contributed by atoms with Gasteiger partial charge in [-0.25, -0.2) is 4.98 Å². The quantitative estimate of drug-likeness (QED) is 0.378. The van der Waals surface area contributed by atoms with Crippen molar-refractivity contribution in [3.05, 3.63) is 49.9 Å². The molecule has 0 atom stereocenters. The lowest BCUT2D eigenvalue weighted by atomic mass is 10.1. The van der Waals surface area contributed by atoms with Gasteiger partial charge in [-0.3, -0.25) is 4.99 Å². The van der Waals surface area contributed by atoms with Gasteiger partial charge in [0.05, 0.1) is 6.54 Å². The third-order valence-corrected chi connectivity index (χ3v) is 4.65. The number of hydrogen-bond donors (Lipinski definition) is 2. The molecule has 0 aliphatic carbocycles. The molecule has 1 aromatic carbocycles. The molecule has 0 fully saturated rings. The van der Waals surface area contributed by atoms with Crippen molar-refractivity contribution < 1.29 is 0 Å². The van der Waals surface area contributed by atoms with E-state index in [1.165, 1.54) is 4.88 Å². The van der Waals surface area contributed by atoms with Crippen molar-refractivity contribution in [3.63, 3.8) is 0 Å². The Morgan fingerprint density at radius 2 is 1.96 bits per heavy atom. The molecule has 0 bridgehead atoms. The topological polar surface area (TPSA) is 49.3 Å². The Morgan fingerprint density at radius 1 is 1.26 bits per heavy atom. The highest BCUT2D eigenvalue weighted by Gasteiger charge is 2.06. The van der Waals surface area contributed by atoms with Crippen molar-refractivity contribution in [2.24, 2.45) is 4.99 Å². The molecule has 23 heavy (non-hydrogen) atoms. The molecule has 2 aromatic rings. The largest absolute Gasteiger partial charge is 0.356 e. The number of rotatable bonds is 5. The van der Waals surface area contributed by atoms with Crippen molar-refractivity contribution in [2.75, 3.05) is 13.6 Å². The van der Waals surface area contributed by atoms with E-state index < -0.39 is 0 Å². The number of nitrogens with one attached hydrogen (secondary N) is 2. The number of halogens is 3. The second kappa shape index (κ2) is 10.3. The normalized spacial score (nSPS) is 11.0. The molecule has 0 unspecified atom stereocenters. The van der Waals surface area contributed by atoms with E-state index in [2.05, 4.69) is 20.6 Å². The van der Waals surface area contributed by atoms with E-state index in [9.17, 15) is 0 Å². The van der Waals surface area contributed by atoms with Crippen LogP contribution in [0.3, 0.4) is 0 Å². The summed E-state index contributed by atoms with van der Waals surface area (Å²) in [6.45, 7) is 3.40. The van der Waals surface area contributed by atoms with Crippen LogP contribution in [0.25, 0.3) is 0 Å². The first-order valence-electron chi connectivity index (χ1n) is 6.89. The lowest BCUT2D eigenvalue weighted by Gasteiger charge is -2.12. The van der Waals surface area contributed by atoms with Gasteiger partial charge in [0, 0.05) is 34.7 Å². The first kappa shape index (κ1) is 20.5. The standard InChI is InChI=1S/C15H18Cl2N4S.HI/c1-10-8-20-14(22-10)9-21-15(18-2)19-7-6-11-12(16)4-3-5-13(11)17;/h3-5,8H,6-7,9H2,1-2H3,(H2,18,19,21);1H. The van der Waals surface area contributed by atoms with Gasteiger partial charge in [-0.1, -0.05) is 29.3 Å². The summed E-state index contributed by atoms with van der Waals surface area (Å²) < 4.78 is 0. The summed E-state index contributed by atoms with van der Waals surface area (Å²) in [4.78, 5) is 9.70. The van der Waals surface area contributed by atoms with Crippen LogP contribution in [-0.4, -0.2) is 24.5 Å². The fraction of sp³-hybridized carbons (Fsp3) is 0.333. The maximum Gasteiger partial charge on any atom is 0.191 e. The molecule has 1 heterocycles. The number of guanidine groups is 1. The van der Waals surface area contributed by atoms with Crippen molar-refractivity contribution in [1.29, 1.82) is 0 Å². The van der Waals surface area contributed by atoms with Crippen LogP contribution in [0.5, 0.6) is 0 Å². The van der Waals surface area contributed by atoms with E-state index in [4.69, 9.17) is 23.2 Å². The summed E-state index contributed by atoms with van der Waals surface area (Å²) >= 11 is 14.0. The van der Waals surface area contributed by atoms with E-state index >= 15 is 0 Å². The summed E-state index contributed by atoms with van der Waals surface area (Å²) in [6, 6.07) is 5.54. The molecule has 0 aliphatic heterocycles. The highest BCUT2D eigenvalue weighted by atomic mass is 127. The molecular weight excluding hydrogens is 466 g/mol. The number of aromatic nitrogens is 1. The van der Waals surface area contributed by atoms with Crippen molar-refractivity contribution in [2.45, 2.75) is 19.9 Å². The van der Waals surface area contributed by atoms with Gasteiger partial charge in [0.1, 0.15) is 5.01 Å². The van der Waals surface area contributed by atoms with E-state index in [0.29, 0.717) is 23.1 Å². The first-order chi connectivity index (χ1) is 10.6. The van der Waals surface area contributed by atoms with Gasteiger partial charge in [-0.2, -0.15) is 0 Å². The number of aryl methyl sites for hydroxylation is 1. The molecule has 126 valence electrons. The van der Waals surface area contributed by atoms with Gasteiger partial charge in [-0.15, -0.1) is 35.3 Å². The smallest absolute Gasteiger partial charge is 0.191 e. The minimum absolute atomic E-state index is 0. The molecule has 2 N–H and O–H groups in total. The fourth-order valence-corrected chi connectivity index (χ4v) is 3.25. The van der Waals surface area contributed by atoms with Crippen molar-refractivity contribution in [1.82, 2.24) is 15.6 Å². The molecular formula is C15H19Cl2IN4S. The third kappa shape index (κ3) is 6.45. The number of hydrogen-bond acceptors (Lipinski definition) is 3. The van der Waals surface area contributed by atoms with Crippen LogP contribution in [0.4, 0.5) is 0 Å². The lowest BCUT2D eigenvalue weighted by Crippen LogP contribution is -2.37. The van der Waals surface area contributed by atoms with Crippen LogP contribution in [0.1, 0.15) is 15.4 Å². The Hall–Kier alpha value is -0.570. The van der Waals surface area contributed by atoms with Gasteiger partial charge in [0.15, 0.2) is 5.96 Å². The summed E-state index contributed by atoms with van der Waals surface area (Å²) in [6.07, 6.45) is 2.60. The molecule has 2 rings (SSSR count). The second-order valence-electron chi connectivity index (χ2n) is 4.67. The average molecular weight is 485 g/mol. The van der Waals surface area contributed by atoms with Gasteiger partial charge in [-0.05, 0) is 31.0 Å². The number of benzene rings is 1. The maximum atomic E-state index is 6.16. The Bertz CT molecular complexity index is 640. The molecule has 0 saturated carbocycles. The van der Waals surface area contributed by atoms with Gasteiger partial charge >= 0.3 is 0 Å². The highest BCUT2D eigenvalue weighted by Crippen LogP contribution is 2.24. The van der Waals surface area contributed by atoms with Gasteiger partial charge in [0.25, 0.3) is 0 Å². The third-order valence-electron chi connectivity index (χ3n) is 3.03. The zero-order valence-electron chi connectivity index (χ0n) is 12.9. The molecule has 0 amide bonds. The average Bonchev–Trinajstić information content (AvgIpc) is 2.91. The predicted molar refractivity (Wildman–Crippen MR) is 111 cm³/mol. The Balaban J connectivity index is 0.00000264. The molecule has 0 aliphatic rings. The number of nitrogens with zero attached hydrogens (tertiary/aromatic N) is 2. The summed E-state index contributed by atoms with van der Waals surface area (Å²) in [5.41, 5.74) is 0.948. The van der Waals surface area contributed by atoms with Gasteiger partial charge < -0.3 is 10.6 Å². The van der Waals surface area contributed by atoms with Crippen LogP contribution in [-0.2, 0) is 13.0 Å². The summed E-state index contributed by atoms with van der Waals surface area (Å²) in [7, 11) is 1.74. The van der Waals surface area contributed by atoms with Crippen molar-refractivity contribution in [3.8, 4) is 0 Å². The first-order valence-corrected chi connectivity index (χ1v) is 8.46. The van der Waals surface area contributed by atoms with E-state index in [1.54, 1.807) is 18.4 Å². The van der Waals surface area contributed by atoms with Crippen LogP contribution >= 0.6 is 58.5 Å². The van der Waals surface area contributed by atoms with Crippen LogP contribution in [0.2, 0.25) is 10.0 Å². The van der Waals surface area contributed by atoms with Gasteiger partial charge in [0.2, 0.25) is 0 Å². The Morgan fingerprint density at radius 3 is 2.52 bits per heavy atom. The number of thiazole rings is 1. The van der Waals surface area contributed by atoms with Crippen LogP contribution < -0.4 is 10.6 Å². The monoisotopic (exact) mass is 484 g/mol. The number of aliphatic imine (C=N–C) groups is 1. The molecule has 4 nitrogen and oxygen atoms in total. The zero-order valence-corrected chi connectivity index (χ0v) is 17.6. The lowest BCUT2D eigenvalue weighted by molar-refractivity contribution is 0.792. The van der Waals surface area contributed by atoms with Crippen LogP contribution in [0.15, 0.2) is 29.4 Å². The second-order valence-corrected chi connectivity index (χ2v) is 6.80. The molecule has 0 radical (unpaired) electrons. The fourth-order valence-electron chi connectivity index (χ4n) is 1.94. The molecule has 0 spiro atoms. The minimum atomic E-state index is 0. The Kier molecular flexibility index (Phi) is 9.19. The Labute approximate surface area is 167 Å². The molecule has 0 saturated heterocycles. The molecule has 1 aromatic heterocycles. The minimum Gasteiger partial charge on any atom is -0.356 e. The molecule has 8 heteroatoms.